The van der Waals surface area contributed by atoms with Gasteiger partial charge in [-0.05, 0) is 0 Å². The van der Waals surface area contributed by atoms with E-state index in [1.165, 1.54) is 24.7 Å². The number of rotatable bonds is 3. The van der Waals surface area contributed by atoms with E-state index in [-0.39, 0.29) is 17.3 Å². The zero-order valence-electron chi connectivity index (χ0n) is 8.32. The highest BCUT2D eigenvalue weighted by Gasteiger charge is 2.17. The topological polar surface area (TPSA) is 118 Å². The van der Waals surface area contributed by atoms with Gasteiger partial charge in [-0.1, -0.05) is 5.16 Å². The second-order valence-corrected chi connectivity index (χ2v) is 2.89. The number of nitrogens with one attached hydrogen (secondary N) is 1. The monoisotopic (exact) mass is 234 g/mol. The summed E-state index contributed by atoms with van der Waals surface area (Å²) >= 11 is 0. The molecule has 2 rings (SSSR count). The van der Waals surface area contributed by atoms with Crippen LogP contribution in [0.1, 0.15) is 21.0 Å². The Labute approximate surface area is 94.3 Å². The summed E-state index contributed by atoms with van der Waals surface area (Å²) in [6, 6.07) is 1.34. The van der Waals surface area contributed by atoms with Gasteiger partial charge >= 0.3 is 5.97 Å². The predicted molar refractivity (Wildman–Crippen MR) is 53.4 cm³/mol. The fraction of sp³-hybridized carbons (Fsp3) is 0. The number of amides is 1. The number of carboxylic acid groups (broad SMARTS) is 1. The van der Waals surface area contributed by atoms with Crippen LogP contribution in [0.2, 0.25) is 0 Å². The number of carbonyl (C=O) groups excluding carboxylic acids is 1. The Bertz CT molecular complexity index is 552. The highest BCUT2D eigenvalue weighted by Crippen LogP contribution is 2.10. The van der Waals surface area contributed by atoms with Gasteiger partial charge in [0.1, 0.15) is 0 Å². The van der Waals surface area contributed by atoms with Crippen LogP contribution in [0, 0.1) is 0 Å². The van der Waals surface area contributed by atoms with Crippen LogP contribution in [0.4, 0.5) is 5.82 Å². The fourth-order valence-electron chi connectivity index (χ4n) is 1.09. The molecular formula is C9H6N4O4. The van der Waals surface area contributed by atoms with E-state index in [2.05, 4.69) is 25.0 Å². The normalized spacial score (nSPS) is 9.88. The van der Waals surface area contributed by atoms with E-state index in [1.54, 1.807) is 0 Å². The van der Waals surface area contributed by atoms with Crippen molar-refractivity contribution in [1.82, 2.24) is 15.1 Å². The smallest absolute Gasteiger partial charge is 0.358 e. The summed E-state index contributed by atoms with van der Waals surface area (Å²) in [6.07, 6.45) is 3.78. The molecule has 0 bridgehead atoms. The van der Waals surface area contributed by atoms with Crippen molar-refractivity contribution in [2.75, 3.05) is 5.32 Å². The van der Waals surface area contributed by atoms with Gasteiger partial charge in [-0.25, -0.2) is 14.8 Å². The first kappa shape index (κ1) is 10.7. The number of nitrogens with zero attached hydrogens (tertiary/aromatic N) is 3. The van der Waals surface area contributed by atoms with Crippen LogP contribution in [-0.4, -0.2) is 32.1 Å². The summed E-state index contributed by atoms with van der Waals surface area (Å²) in [5.74, 6) is -2.13. The van der Waals surface area contributed by atoms with Crippen LogP contribution in [0.25, 0.3) is 0 Å². The van der Waals surface area contributed by atoms with Crippen molar-refractivity contribution >= 4 is 17.7 Å². The third-order valence-corrected chi connectivity index (χ3v) is 1.79. The van der Waals surface area contributed by atoms with Crippen LogP contribution in [0.3, 0.4) is 0 Å². The van der Waals surface area contributed by atoms with Crippen LogP contribution >= 0.6 is 0 Å². The van der Waals surface area contributed by atoms with E-state index in [9.17, 15) is 9.59 Å². The number of anilines is 1. The zero-order chi connectivity index (χ0) is 12.3. The predicted octanol–water partition coefficient (Wildman–Crippen LogP) is 0.415. The SMILES string of the molecule is O=C(Nc1nccnc1C(=O)O)c1ccno1. The van der Waals surface area contributed by atoms with E-state index < -0.39 is 11.9 Å². The summed E-state index contributed by atoms with van der Waals surface area (Å²) < 4.78 is 4.61. The standard InChI is InChI=1S/C9H6N4O4/c14-8(5-1-2-12-17-5)13-7-6(9(15)16)10-3-4-11-7/h1-4H,(H,15,16)(H,11,13,14). The third-order valence-electron chi connectivity index (χ3n) is 1.79. The second-order valence-electron chi connectivity index (χ2n) is 2.89. The minimum absolute atomic E-state index is 0.0491. The molecule has 0 aliphatic carbocycles. The lowest BCUT2D eigenvalue weighted by Crippen LogP contribution is -2.16. The molecular weight excluding hydrogens is 228 g/mol. The maximum atomic E-state index is 11.5. The maximum Gasteiger partial charge on any atom is 0.358 e. The van der Waals surface area contributed by atoms with Gasteiger partial charge in [0.05, 0.1) is 6.20 Å². The Morgan fingerprint density at radius 2 is 2.00 bits per heavy atom. The second kappa shape index (κ2) is 4.39. The van der Waals surface area contributed by atoms with Gasteiger partial charge < -0.3 is 14.9 Å². The van der Waals surface area contributed by atoms with Crippen molar-refractivity contribution in [2.24, 2.45) is 0 Å². The van der Waals surface area contributed by atoms with Gasteiger partial charge in [0.2, 0.25) is 5.76 Å². The average molecular weight is 234 g/mol. The van der Waals surface area contributed by atoms with Crippen LogP contribution in [0.5, 0.6) is 0 Å². The Hall–Kier alpha value is -2.77. The molecule has 86 valence electrons. The Balaban J connectivity index is 2.25. The molecule has 0 aromatic carbocycles. The molecule has 8 heteroatoms. The average Bonchev–Trinajstić information content (AvgIpc) is 2.83. The molecule has 0 atom stereocenters. The van der Waals surface area contributed by atoms with Crippen molar-refractivity contribution in [2.45, 2.75) is 0 Å². The molecule has 2 aromatic rings. The number of carboxylic acids is 1. The Morgan fingerprint density at radius 1 is 1.24 bits per heavy atom. The Morgan fingerprint density at radius 3 is 2.65 bits per heavy atom. The van der Waals surface area contributed by atoms with Gasteiger partial charge in [-0.3, -0.25) is 4.79 Å². The van der Waals surface area contributed by atoms with Crippen molar-refractivity contribution in [1.29, 1.82) is 0 Å². The van der Waals surface area contributed by atoms with Crippen molar-refractivity contribution in [3.63, 3.8) is 0 Å². The lowest BCUT2D eigenvalue weighted by atomic mass is 10.3. The molecule has 0 unspecified atom stereocenters. The van der Waals surface area contributed by atoms with Gasteiger partial charge in [-0.2, -0.15) is 0 Å². The molecule has 8 nitrogen and oxygen atoms in total. The molecule has 0 saturated carbocycles. The van der Waals surface area contributed by atoms with E-state index >= 15 is 0 Å². The van der Waals surface area contributed by atoms with Crippen LogP contribution in [0.15, 0.2) is 29.2 Å². The summed E-state index contributed by atoms with van der Waals surface area (Å²) in [7, 11) is 0. The molecule has 0 fully saturated rings. The summed E-state index contributed by atoms with van der Waals surface area (Å²) in [5, 5.41) is 14.4. The van der Waals surface area contributed by atoms with E-state index in [0.29, 0.717) is 0 Å². The molecule has 2 aromatic heterocycles. The highest BCUT2D eigenvalue weighted by molar-refractivity contribution is 6.04. The van der Waals surface area contributed by atoms with Crippen molar-refractivity contribution < 1.29 is 19.2 Å². The molecule has 1 amide bonds. The lowest BCUT2D eigenvalue weighted by molar-refractivity contribution is 0.0691. The molecule has 17 heavy (non-hydrogen) atoms. The number of aromatic carboxylic acids is 1. The molecule has 0 radical (unpaired) electrons. The van der Waals surface area contributed by atoms with E-state index in [4.69, 9.17) is 5.11 Å². The van der Waals surface area contributed by atoms with Crippen molar-refractivity contribution in [3.05, 3.63) is 36.1 Å². The Kier molecular flexibility index (Phi) is 2.77. The molecule has 2 heterocycles. The summed E-state index contributed by atoms with van der Waals surface area (Å²) in [6.45, 7) is 0. The first-order valence-corrected chi connectivity index (χ1v) is 4.45. The van der Waals surface area contributed by atoms with Gasteiger partial charge in [0, 0.05) is 18.5 Å². The van der Waals surface area contributed by atoms with Crippen molar-refractivity contribution in [3.8, 4) is 0 Å². The van der Waals surface area contributed by atoms with Gasteiger partial charge in [0.15, 0.2) is 11.5 Å². The minimum Gasteiger partial charge on any atom is -0.476 e. The first-order valence-electron chi connectivity index (χ1n) is 4.45. The van der Waals surface area contributed by atoms with Crippen LogP contribution < -0.4 is 5.32 Å². The fourth-order valence-corrected chi connectivity index (χ4v) is 1.09. The lowest BCUT2D eigenvalue weighted by Gasteiger charge is -2.03. The van der Waals surface area contributed by atoms with Gasteiger partial charge in [0.25, 0.3) is 5.91 Å². The van der Waals surface area contributed by atoms with Crippen LogP contribution in [-0.2, 0) is 0 Å². The largest absolute Gasteiger partial charge is 0.476 e. The molecule has 0 aliphatic heterocycles. The molecule has 0 saturated heterocycles. The first-order chi connectivity index (χ1) is 8.18. The number of aromatic nitrogens is 3. The molecule has 2 N–H and O–H groups in total. The highest BCUT2D eigenvalue weighted by atomic mass is 16.5. The molecule has 0 aliphatic rings. The minimum atomic E-state index is -1.29. The maximum absolute atomic E-state index is 11.5. The van der Waals surface area contributed by atoms with E-state index in [1.807, 2.05) is 0 Å². The van der Waals surface area contributed by atoms with E-state index in [0.717, 1.165) is 0 Å². The summed E-state index contributed by atoms with van der Waals surface area (Å²) in [4.78, 5) is 29.6. The molecule has 0 spiro atoms. The number of hydrogen-bond donors (Lipinski definition) is 2. The number of hydrogen-bond acceptors (Lipinski definition) is 6. The van der Waals surface area contributed by atoms with Gasteiger partial charge in [-0.15, -0.1) is 0 Å². The number of carbonyl (C=O) groups is 2. The zero-order valence-corrected chi connectivity index (χ0v) is 8.32. The quantitative estimate of drug-likeness (QED) is 0.789. The third kappa shape index (κ3) is 2.25. The summed E-state index contributed by atoms with van der Waals surface area (Å²) in [5.41, 5.74) is -0.347.